The lowest BCUT2D eigenvalue weighted by Crippen LogP contribution is -2.03. The van der Waals surface area contributed by atoms with Crippen LogP contribution in [0.5, 0.6) is 0 Å². The van der Waals surface area contributed by atoms with Crippen molar-refractivity contribution in [3.63, 3.8) is 0 Å². The first-order chi connectivity index (χ1) is 8.04. The molecule has 0 atom stereocenters. The van der Waals surface area contributed by atoms with Crippen LogP contribution in [0.3, 0.4) is 0 Å². The third kappa shape index (κ3) is 3.33. The van der Waals surface area contributed by atoms with Gasteiger partial charge >= 0.3 is 5.97 Å². The summed E-state index contributed by atoms with van der Waals surface area (Å²) in [5.74, 6) is 3.37. The molecule has 0 aliphatic heterocycles. The highest BCUT2D eigenvalue weighted by molar-refractivity contribution is 5.72. The molecule has 17 heavy (non-hydrogen) atoms. The lowest BCUT2D eigenvalue weighted by Gasteiger charge is -2.00. The maximum Gasteiger partial charge on any atom is 0.308 e. The van der Waals surface area contributed by atoms with E-state index in [0.717, 1.165) is 6.07 Å². The quantitative estimate of drug-likeness (QED) is 0.475. The van der Waals surface area contributed by atoms with Gasteiger partial charge in [0.1, 0.15) is 0 Å². The molecule has 0 bridgehead atoms. The van der Waals surface area contributed by atoms with Crippen LogP contribution in [0.1, 0.15) is 11.1 Å². The molecule has 0 fully saturated rings. The Morgan fingerprint density at radius 3 is 2.76 bits per heavy atom. The predicted octanol–water partition coefficient (Wildman–Crippen LogP) is 1.10. The Hall–Kier alpha value is -2.86. The van der Waals surface area contributed by atoms with Crippen molar-refractivity contribution in [3.8, 4) is 17.9 Å². The van der Waals surface area contributed by atoms with E-state index in [0.29, 0.717) is 5.56 Å². The molecule has 0 aromatic heterocycles. The summed E-state index contributed by atoms with van der Waals surface area (Å²) in [4.78, 5) is 20.6. The van der Waals surface area contributed by atoms with E-state index >= 15 is 0 Å². The topological polar surface area (TPSA) is 104 Å². The van der Waals surface area contributed by atoms with Crippen molar-refractivity contribution >= 4 is 11.7 Å². The summed E-state index contributed by atoms with van der Waals surface area (Å²) in [6.07, 6.45) is -0.428. The average Bonchev–Trinajstić information content (AvgIpc) is 2.26. The zero-order valence-electron chi connectivity index (χ0n) is 8.51. The molecule has 0 unspecified atom stereocenters. The molecule has 1 N–H and O–H groups in total. The Labute approximate surface area is 96.3 Å². The van der Waals surface area contributed by atoms with Gasteiger partial charge in [-0.1, -0.05) is 12.0 Å². The zero-order chi connectivity index (χ0) is 12.8. The highest BCUT2D eigenvalue weighted by Crippen LogP contribution is 2.20. The molecule has 0 aliphatic carbocycles. The smallest absolute Gasteiger partial charge is 0.308 e. The van der Waals surface area contributed by atoms with Crippen molar-refractivity contribution < 1.29 is 14.8 Å². The first-order valence-electron chi connectivity index (χ1n) is 4.44. The Kier molecular flexibility index (Phi) is 3.80. The second-order valence-corrected chi connectivity index (χ2v) is 3.03. The Morgan fingerprint density at radius 2 is 2.24 bits per heavy atom. The van der Waals surface area contributed by atoms with Gasteiger partial charge in [-0.15, -0.1) is 0 Å². The van der Waals surface area contributed by atoms with Crippen LogP contribution in [0.15, 0.2) is 18.2 Å². The van der Waals surface area contributed by atoms with E-state index in [4.69, 9.17) is 10.4 Å². The SMILES string of the molecule is N#CC#Cc1ccc(CC(=O)O)c([N+](=O)[O-])c1. The molecule has 1 aromatic rings. The Bertz CT molecular complexity index is 575. The Morgan fingerprint density at radius 1 is 1.53 bits per heavy atom. The van der Waals surface area contributed by atoms with Crippen LogP contribution in [-0.4, -0.2) is 16.0 Å². The fraction of sp³-hybridized carbons (Fsp3) is 0.0909. The van der Waals surface area contributed by atoms with Crippen molar-refractivity contribution in [2.75, 3.05) is 0 Å². The monoisotopic (exact) mass is 230 g/mol. The average molecular weight is 230 g/mol. The zero-order valence-corrected chi connectivity index (χ0v) is 8.51. The van der Waals surface area contributed by atoms with Crippen molar-refractivity contribution in [2.24, 2.45) is 0 Å². The summed E-state index contributed by atoms with van der Waals surface area (Å²) in [7, 11) is 0. The van der Waals surface area contributed by atoms with Crippen LogP contribution in [0.2, 0.25) is 0 Å². The van der Waals surface area contributed by atoms with E-state index < -0.39 is 17.3 Å². The molecule has 0 radical (unpaired) electrons. The molecule has 0 saturated heterocycles. The van der Waals surface area contributed by atoms with Crippen molar-refractivity contribution in [1.29, 1.82) is 5.26 Å². The molecular weight excluding hydrogens is 224 g/mol. The van der Waals surface area contributed by atoms with Gasteiger partial charge < -0.3 is 5.11 Å². The van der Waals surface area contributed by atoms with Gasteiger partial charge in [-0.25, -0.2) is 0 Å². The largest absolute Gasteiger partial charge is 0.481 e. The lowest BCUT2D eigenvalue weighted by molar-refractivity contribution is -0.385. The first kappa shape index (κ1) is 12.2. The van der Waals surface area contributed by atoms with E-state index in [2.05, 4.69) is 11.8 Å². The van der Waals surface area contributed by atoms with Crippen LogP contribution in [-0.2, 0) is 11.2 Å². The number of hydrogen-bond acceptors (Lipinski definition) is 4. The molecule has 0 amide bonds. The van der Waals surface area contributed by atoms with E-state index in [1.165, 1.54) is 12.1 Å². The predicted molar refractivity (Wildman–Crippen MR) is 56.9 cm³/mol. The third-order valence-corrected chi connectivity index (χ3v) is 1.89. The maximum absolute atomic E-state index is 10.7. The lowest BCUT2D eigenvalue weighted by atomic mass is 10.1. The summed E-state index contributed by atoms with van der Waals surface area (Å²) in [6, 6.07) is 5.51. The molecule has 0 spiro atoms. The number of carboxylic acids is 1. The van der Waals surface area contributed by atoms with Gasteiger partial charge in [0, 0.05) is 23.1 Å². The molecular formula is C11H6N2O4. The number of nitro groups is 1. The molecule has 84 valence electrons. The van der Waals surface area contributed by atoms with E-state index in [9.17, 15) is 14.9 Å². The highest BCUT2D eigenvalue weighted by atomic mass is 16.6. The number of aliphatic carboxylic acids is 1. The number of nitriles is 1. The van der Waals surface area contributed by atoms with Crippen LogP contribution < -0.4 is 0 Å². The van der Waals surface area contributed by atoms with Crippen LogP contribution in [0.4, 0.5) is 5.69 Å². The van der Waals surface area contributed by atoms with Crippen molar-refractivity contribution in [3.05, 3.63) is 39.4 Å². The minimum absolute atomic E-state index is 0.102. The first-order valence-corrected chi connectivity index (χ1v) is 4.44. The maximum atomic E-state index is 10.7. The number of nitro benzene ring substituents is 1. The van der Waals surface area contributed by atoms with Gasteiger partial charge in [-0.2, -0.15) is 5.26 Å². The number of hydrogen-bond donors (Lipinski definition) is 1. The normalized spacial score (nSPS) is 8.65. The molecule has 0 saturated carbocycles. The summed E-state index contributed by atoms with van der Waals surface area (Å²) in [5.41, 5.74) is 0.0922. The number of carboxylic acid groups (broad SMARTS) is 1. The van der Waals surface area contributed by atoms with Crippen LogP contribution in [0.25, 0.3) is 0 Å². The van der Waals surface area contributed by atoms with E-state index in [1.807, 2.05) is 0 Å². The standard InChI is InChI=1S/C11H6N2O4/c12-5-1-2-8-3-4-9(7-11(14)15)10(6-8)13(16)17/h3-4,6H,7H2,(H,14,15). The number of nitrogens with zero attached hydrogens (tertiary/aromatic N) is 2. The van der Waals surface area contributed by atoms with Gasteiger partial charge in [0.05, 0.1) is 11.3 Å². The van der Waals surface area contributed by atoms with Gasteiger partial charge in [0.2, 0.25) is 0 Å². The van der Waals surface area contributed by atoms with E-state index in [1.54, 1.807) is 6.07 Å². The Balaban J connectivity index is 3.22. The highest BCUT2D eigenvalue weighted by Gasteiger charge is 2.16. The second kappa shape index (κ2) is 5.29. The summed E-state index contributed by atoms with van der Waals surface area (Å²) in [6.45, 7) is 0. The summed E-state index contributed by atoms with van der Waals surface area (Å²) in [5, 5.41) is 27.6. The summed E-state index contributed by atoms with van der Waals surface area (Å²) >= 11 is 0. The van der Waals surface area contributed by atoms with Crippen molar-refractivity contribution in [1.82, 2.24) is 0 Å². The minimum atomic E-state index is -1.15. The third-order valence-electron chi connectivity index (χ3n) is 1.89. The molecule has 1 rings (SSSR count). The molecule has 6 heteroatoms. The van der Waals surface area contributed by atoms with E-state index in [-0.39, 0.29) is 11.3 Å². The second-order valence-electron chi connectivity index (χ2n) is 3.03. The molecule has 0 heterocycles. The summed E-state index contributed by atoms with van der Waals surface area (Å²) < 4.78 is 0. The number of rotatable bonds is 3. The fourth-order valence-electron chi connectivity index (χ4n) is 1.22. The van der Waals surface area contributed by atoms with Crippen LogP contribution in [0, 0.1) is 33.3 Å². The van der Waals surface area contributed by atoms with Gasteiger partial charge in [-0.05, 0) is 6.07 Å². The van der Waals surface area contributed by atoms with Crippen LogP contribution >= 0.6 is 0 Å². The molecule has 6 nitrogen and oxygen atoms in total. The molecule has 0 aliphatic rings. The van der Waals surface area contributed by atoms with Crippen molar-refractivity contribution in [2.45, 2.75) is 6.42 Å². The number of benzene rings is 1. The minimum Gasteiger partial charge on any atom is -0.481 e. The number of carbonyl (C=O) groups is 1. The van der Waals surface area contributed by atoms with Gasteiger partial charge in [-0.3, -0.25) is 14.9 Å². The molecule has 1 aromatic carbocycles. The van der Waals surface area contributed by atoms with Gasteiger partial charge in [0.15, 0.2) is 6.07 Å². The fourth-order valence-corrected chi connectivity index (χ4v) is 1.22. The van der Waals surface area contributed by atoms with Gasteiger partial charge in [0.25, 0.3) is 5.69 Å².